The topological polar surface area (TPSA) is 80.5 Å². The number of rotatable bonds is 7. The molecule has 0 aliphatic heterocycles. The zero-order valence-corrected chi connectivity index (χ0v) is 18.9. The van der Waals surface area contributed by atoms with Crippen LogP contribution >= 0.6 is 11.3 Å². The van der Waals surface area contributed by atoms with Crippen LogP contribution in [0.15, 0.2) is 70.2 Å². The zero-order chi connectivity index (χ0) is 22.0. The van der Waals surface area contributed by atoms with Gasteiger partial charge in [0.1, 0.15) is 5.76 Å². The number of carbonyl (C=O) groups excluding carboxylic acids is 1. The van der Waals surface area contributed by atoms with Crippen LogP contribution in [0.2, 0.25) is 0 Å². The number of carbonyl (C=O) groups is 1. The molecule has 0 fully saturated rings. The summed E-state index contributed by atoms with van der Waals surface area (Å²) in [7, 11) is -3.56. The van der Waals surface area contributed by atoms with E-state index in [0.717, 1.165) is 21.3 Å². The van der Waals surface area contributed by atoms with Gasteiger partial charge in [0, 0.05) is 6.42 Å². The molecule has 1 amide bonds. The number of thiazole rings is 1. The Kier molecular flexibility index (Phi) is 5.93. The average molecular weight is 455 g/mol. The lowest BCUT2D eigenvalue weighted by Gasteiger charge is -2.18. The predicted octanol–water partition coefficient (Wildman–Crippen LogP) is 4.90. The highest BCUT2D eigenvalue weighted by Gasteiger charge is 2.24. The molecule has 0 unspecified atom stereocenters. The van der Waals surface area contributed by atoms with Crippen molar-refractivity contribution in [2.24, 2.45) is 0 Å². The van der Waals surface area contributed by atoms with Crippen molar-refractivity contribution in [2.75, 3.05) is 10.7 Å². The summed E-state index contributed by atoms with van der Waals surface area (Å²) >= 11 is 1.43. The summed E-state index contributed by atoms with van der Waals surface area (Å²) in [5, 5.41) is 0.533. The van der Waals surface area contributed by atoms with Gasteiger partial charge in [-0.25, -0.2) is 13.4 Å². The largest absolute Gasteiger partial charge is 0.467 e. The van der Waals surface area contributed by atoms with Crippen LogP contribution in [-0.4, -0.2) is 25.1 Å². The van der Waals surface area contributed by atoms with Gasteiger partial charge in [-0.2, -0.15) is 0 Å². The molecule has 8 heteroatoms. The lowest BCUT2D eigenvalue weighted by molar-refractivity contribution is -0.118. The molecule has 2 aromatic heterocycles. The van der Waals surface area contributed by atoms with E-state index in [4.69, 9.17) is 9.40 Å². The molecule has 0 saturated heterocycles. The van der Waals surface area contributed by atoms with Crippen LogP contribution in [0, 0.1) is 13.8 Å². The number of amides is 1. The number of aryl methyl sites for hydroxylation is 2. The van der Waals surface area contributed by atoms with Crippen LogP contribution in [0.25, 0.3) is 10.2 Å². The first-order chi connectivity index (χ1) is 14.8. The Morgan fingerprint density at radius 2 is 1.77 bits per heavy atom. The molecule has 2 heterocycles. The highest BCUT2D eigenvalue weighted by Crippen LogP contribution is 2.34. The smallest absolute Gasteiger partial charge is 0.230 e. The van der Waals surface area contributed by atoms with Crippen LogP contribution in [0.1, 0.15) is 23.3 Å². The van der Waals surface area contributed by atoms with Gasteiger partial charge in [0.25, 0.3) is 0 Å². The van der Waals surface area contributed by atoms with Gasteiger partial charge in [-0.15, -0.1) is 0 Å². The minimum Gasteiger partial charge on any atom is -0.467 e. The van der Waals surface area contributed by atoms with Crippen LogP contribution < -0.4 is 4.90 Å². The maximum atomic E-state index is 13.2. The summed E-state index contributed by atoms with van der Waals surface area (Å²) in [6.45, 7) is 4.18. The quantitative estimate of drug-likeness (QED) is 0.397. The number of furan rings is 1. The van der Waals surface area contributed by atoms with E-state index >= 15 is 0 Å². The van der Waals surface area contributed by atoms with Crippen molar-refractivity contribution in [1.82, 2.24) is 4.98 Å². The van der Waals surface area contributed by atoms with Crippen LogP contribution in [0.5, 0.6) is 0 Å². The Bertz CT molecular complexity index is 1270. The molecule has 0 spiro atoms. The molecule has 0 aliphatic carbocycles. The molecule has 31 heavy (non-hydrogen) atoms. The maximum absolute atomic E-state index is 13.2. The Hall–Kier alpha value is -2.97. The third kappa shape index (κ3) is 4.55. The van der Waals surface area contributed by atoms with E-state index < -0.39 is 9.84 Å². The lowest BCUT2D eigenvalue weighted by atomic mass is 10.1. The Morgan fingerprint density at radius 3 is 2.45 bits per heavy atom. The molecule has 0 N–H and O–H groups in total. The lowest BCUT2D eigenvalue weighted by Crippen LogP contribution is -2.31. The van der Waals surface area contributed by atoms with Gasteiger partial charge < -0.3 is 4.42 Å². The van der Waals surface area contributed by atoms with Gasteiger partial charge in [-0.3, -0.25) is 9.69 Å². The number of benzene rings is 2. The molecule has 4 aromatic rings. The second kappa shape index (κ2) is 8.64. The number of aromatic nitrogens is 1. The first-order valence-corrected chi connectivity index (χ1v) is 12.3. The Labute approximate surface area is 185 Å². The Balaban J connectivity index is 1.63. The fraction of sp³-hybridized carbons (Fsp3) is 0.217. The number of sulfone groups is 1. The summed E-state index contributed by atoms with van der Waals surface area (Å²) < 4.78 is 31.7. The minimum absolute atomic E-state index is 0.147. The highest BCUT2D eigenvalue weighted by molar-refractivity contribution is 7.91. The number of anilines is 1. The molecular weight excluding hydrogens is 432 g/mol. The molecular formula is C23H22N2O4S2. The van der Waals surface area contributed by atoms with Crippen LogP contribution in [0.4, 0.5) is 5.13 Å². The minimum atomic E-state index is -3.56. The second-order valence-electron chi connectivity index (χ2n) is 7.31. The molecule has 6 nitrogen and oxygen atoms in total. The summed E-state index contributed by atoms with van der Waals surface area (Å²) in [5.41, 5.74) is 2.97. The van der Waals surface area contributed by atoms with Crippen LogP contribution in [0.3, 0.4) is 0 Å². The van der Waals surface area contributed by atoms with Gasteiger partial charge in [0.2, 0.25) is 5.91 Å². The molecule has 2 aromatic carbocycles. The summed E-state index contributed by atoms with van der Waals surface area (Å²) in [4.78, 5) is 19.6. The van der Waals surface area contributed by atoms with Gasteiger partial charge in [-0.05, 0) is 49.2 Å². The number of hydrogen-bond acceptors (Lipinski definition) is 6. The van der Waals surface area contributed by atoms with E-state index in [2.05, 4.69) is 0 Å². The third-order valence-corrected chi connectivity index (χ3v) is 7.99. The molecule has 0 radical (unpaired) electrons. The van der Waals surface area contributed by atoms with Crippen molar-refractivity contribution in [3.8, 4) is 0 Å². The van der Waals surface area contributed by atoms with Gasteiger partial charge in [0.15, 0.2) is 15.0 Å². The van der Waals surface area contributed by atoms with Crippen molar-refractivity contribution < 1.29 is 17.6 Å². The average Bonchev–Trinajstić information content (AvgIpc) is 3.44. The van der Waals surface area contributed by atoms with E-state index in [1.54, 1.807) is 48.7 Å². The fourth-order valence-corrected chi connectivity index (χ4v) is 5.67. The predicted molar refractivity (Wildman–Crippen MR) is 122 cm³/mol. The molecule has 0 atom stereocenters. The summed E-state index contributed by atoms with van der Waals surface area (Å²) in [5.74, 6) is 0.0187. The van der Waals surface area contributed by atoms with E-state index in [9.17, 15) is 13.2 Å². The van der Waals surface area contributed by atoms with E-state index in [-0.39, 0.29) is 29.5 Å². The van der Waals surface area contributed by atoms with Crippen molar-refractivity contribution in [1.29, 1.82) is 0 Å². The van der Waals surface area contributed by atoms with Crippen molar-refractivity contribution in [3.63, 3.8) is 0 Å². The van der Waals surface area contributed by atoms with Gasteiger partial charge in [-0.1, -0.05) is 41.7 Å². The maximum Gasteiger partial charge on any atom is 0.230 e. The van der Waals surface area contributed by atoms with Gasteiger partial charge >= 0.3 is 0 Å². The highest BCUT2D eigenvalue weighted by atomic mass is 32.2. The molecule has 0 bridgehead atoms. The van der Waals surface area contributed by atoms with Gasteiger partial charge in [0.05, 0.1) is 33.7 Å². The first kappa shape index (κ1) is 21.3. The van der Waals surface area contributed by atoms with E-state index in [1.165, 1.54) is 16.2 Å². The standard InChI is InChI=1S/C23H22N2O4S2/c1-16-10-11-17(2)22-21(16)24-23(30-22)25(15-18-7-6-13-29-18)20(26)12-14-31(27,28)19-8-4-3-5-9-19/h3-11,13H,12,14-15H2,1-2H3. The SMILES string of the molecule is Cc1ccc(C)c2sc(N(Cc3ccco3)C(=O)CCS(=O)(=O)c3ccccc3)nc12. The van der Waals surface area contributed by atoms with Crippen molar-refractivity contribution in [3.05, 3.63) is 77.7 Å². The molecule has 0 aliphatic rings. The summed E-state index contributed by atoms with van der Waals surface area (Å²) in [6, 6.07) is 15.8. The second-order valence-corrected chi connectivity index (χ2v) is 10.4. The molecule has 0 saturated carbocycles. The van der Waals surface area contributed by atoms with E-state index in [1.807, 2.05) is 26.0 Å². The first-order valence-electron chi connectivity index (χ1n) is 9.82. The normalized spacial score (nSPS) is 11.7. The van der Waals surface area contributed by atoms with Crippen LogP contribution in [-0.2, 0) is 21.2 Å². The number of nitrogens with zero attached hydrogens (tertiary/aromatic N) is 2. The fourth-order valence-electron chi connectivity index (χ4n) is 3.29. The number of fused-ring (bicyclic) bond motifs is 1. The zero-order valence-electron chi connectivity index (χ0n) is 17.2. The monoisotopic (exact) mass is 454 g/mol. The molecule has 160 valence electrons. The summed E-state index contributed by atoms with van der Waals surface area (Å²) in [6.07, 6.45) is 1.40. The van der Waals surface area contributed by atoms with Crippen molar-refractivity contribution >= 4 is 42.4 Å². The third-order valence-electron chi connectivity index (χ3n) is 5.04. The Morgan fingerprint density at radius 1 is 1.03 bits per heavy atom. The van der Waals surface area contributed by atoms with E-state index in [0.29, 0.717) is 10.9 Å². The van der Waals surface area contributed by atoms with Crippen molar-refractivity contribution in [2.45, 2.75) is 31.7 Å². The molecule has 4 rings (SSSR count). The number of hydrogen-bond donors (Lipinski definition) is 0.